The fraction of sp³-hybridized carbons (Fsp3) is 0.462. The number of hydrogen-bond donors (Lipinski definition) is 1. The molecule has 1 aliphatic rings. The Morgan fingerprint density at radius 1 is 1.26 bits per heavy atom. The summed E-state index contributed by atoms with van der Waals surface area (Å²) in [5, 5.41) is 3.22. The van der Waals surface area contributed by atoms with Crippen LogP contribution in [0, 0.1) is 0 Å². The molecule has 19 heavy (non-hydrogen) atoms. The van der Waals surface area contributed by atoms with Crippen molar-refractivity contribution in [1.82, 2.24) is 10.2 Å². The number of benzene rings is 1. The quantitative estimate of drug-likeness (QED) is 0.913. The highest BCUT2D eigenvalue weighted by Crippen LogP contribution is 2.34. The van der Waals surface area contributed by atoms with Crippen LogP contribution in [0.15, 0.2) is 16.6 Å². The molecule has 0 saturated carbocycles. The number of nitrogens with zero attached hydrogens (tertiary/aromatic N) is 1. The number of carbonyl (C=O) groups excluding carboxylic acids is 1. The topological polar surface area (TPSA) is 50.8 Å². The van der Waals surface area contributed by atoms with Gasteiger partial charge >= 0.3 is 0 Å². The van der Waals surface area contributed by atoms with Crippen molar-refractivity contribution in [3.8, 4) is 11.5 Å². The van der Waals surface area contributed by atoms with Crippen molar-refractivity contribution in [2.75, 3.05) is 40.4 Å². The Kier molecular flexibility index (Phi) is 4.66. The Labute approximate surface area is 121 Å². The number of rotatable bonds is 3. The van der Waals surface area contributed by atoms with Crippen LogP contribution in [0.3, 0.4) is 0 Å². The third-order valence-corrected chi connectivity index (χ3v) is 3.68. The fourth-order valence-corrected chi connectivity index (χ4v) is 2.69. The summed E-state index contributed by atoms with van der Waals surface area (Å²) in [5.74, 6) is 1.15. The first-order valence-corrected chi connectivity index (χ1v) is 6.88. The summed E-state index contributed by atoms with van der Waals surface area (Å²) in [5.41, 5.74) is 0.524. The Morgan fingerprint density at radius 2 is 1.95 bits per heavy atom. The lowest BCUT2D eigenvalue weighted by molar-refractivity contribution is 0.0732. The van der Waals surface area contributed by atoms with Crippen LogP contribution >= 0.6 is 15.9 Å². The minimum absolute atomic E-state index is 0.0297. The predicted molar refractivity (Wildman–Crippen MR) is 76.0 cm³/mol. The maximum atomic E-state index is 12.5. The van der Waals surface area contributed by atoms with Crippen LogP contribution in [-0.4, -0.2) is 51.2 Å². The normalized spacial score (nSPS) is 15.2. The van der Waals surface area contributed by atoms with Gasteiger partial charge in [-0.15, -0.1) is 0 Å². The average Bonchev–Trinajstić information content (AvgIpc) is 2.46. The second-order valence-electron chi connectivity index (χ2n) is 4.23. The van der Waals surface area contributed by atoms with E-state index in [0.29, 0.717) is 34.6 Å². The first-order valence-electron chi connectivity index (χ1n) is 6.09. The molecule has 2 rings (SSSR count). The van der Waals surface area contributed by atoms with E-state index in [0.717, 1.165) is 13.1 Å². The van der Waals surface area contributed by atoms with Gasteiger partial charge in [-0.05, 0) is 28.1 Å². The zero-order valence-corrected chi connectivity index (χ0v) is 12.6. The number of amides is 1. The summed E-state index contributed by atoms with van der Waals surface area (Å²) in [6.45, 7) is 3.05. The van der Waals surface area contributed by atoms with Gasteiger partial charge in [-0.1, -0.05) is 0 Å². The lowest BCUT2D eigenvalue weighted by Gasteiger charge is -2.28. The van der Waals surface area contributed by atoms with Crippen LogP contribution in [0.5, 0.6) is 11.5 Å². The van der Waals surface area contributed by atoms with Crippen molar-refractivity contribution in [2.24, 2.45) is 0 Å². The summed E-state index contributed by atoms with van der Waals surface area (Å²) in [4.78, 5) is 14.4. The third kappa shape index (κ3) is 3.01. The molecule has 0 atom stereocenters. The van der Waals surface area contributed by atoms with Gasteiger partial charge in [-0.3, -0.25) is 4.79 Å². The fourth-order valence-electron chi connectivity index (χ4n) is 2.09. The smallest absolute Gasteiger partial charge is 0.257 e. The first kappa shape index (κ1) is 14.1. The van der Waals surface area contributed by atoms with Crippen molar-refractivity contribution in [2.45, 2.75) is 0 Å². The molecule has 0 aromatic heterocycles. The minimum atomic E-state index is -0.0297. The number of piperazine rings is 1. The molecular formula is C13H17BrN2O3. The molecule has 1 heterocycles. The zero-order chi connectivity index (χ0) is 13.8. The summed E-state index contributed by atoms with van der Waals surface area (Å²) in [7, 11) is 3.13. The van der Waals surface area contributed by atoms with Crippen LogP contribution in [0.2, 0.25) is 0 Å². The van der Waals surface area contributed by atoms with E-state index in [4.69, 9.17) is 9.47 Å². The molecule has 1 aromatic rings. The van der Waals surface area contributed by atoms with Crippen molar-refractivity contribution >= 4 is 21.8 Å². The first-order chi connectivity index (χ1) is 9.17. The van der Waals surface area contributed by atoms with Crippen molar-refractivity contribution < 1.29 is 14.3 Å². The van der Waals surface area contributed by atoms with E-state index < -0.39 is 0 Å². The molecular weight excluding hydrogens is 312 g/mol. The Morgan fingerprint density at radius 3 is 2.53 bits per heavy atom. The molecule has 1 aromatic carbocycles. The van der Waals surface area contributed by atoms with E-state index in [-0.39, 0.29) is 5.91 Å². The van der Waals surface area contributed by atoms with E-state index in [1.165, 1.54) is 0 Å². The maximum Gasteiger partial charge on any atom is 0.257 e. The number of halogens is 1. The van der Waals surface area contributed by atoms with E-state index in [2.05, 4.69) is 21.2 Å². The molecule has 1 saturated heterocycles. The minimum Gasteiger partial charge on any atom is -0.497 e. The van der Waals surface area contributed by atoms with Crippen LogP contribution in [-0.2, 0) is 0 Å². The van der Waals surface area contributed by atoms with Crippen molar-refractivity contribution in [3.63, 3.8) is 0 Å². The molecule has 0 bridgehead atoms. The number of hydrogen-bond acceptors (Lipinski definition) is 4. The van der Waals surface area contributed by atoms with Gasteiger partial charge in [0.15, 0.2) is 0 Å². The molecule has 1 N–H and O–H groups in total. The Bertz CT molecular complexity index is 473. The van der Waals surface area contributed by atoms with E-state index >= 15 is 0 Å². The molecule has 0 spiro atoms. The highest BCUT2D eigenvalue weighted by Gasteiger charge is 2.23. The van der Waals surface area contributed by atoms with Crippen LogP contribution in [0.4, 0.5) is 0 Å². The van der Waals surface area contributed by atoms with Gasteiger partial charge in [0.25, 0.3) is 5.91 Å². The highest BCUT2D eigenvalue weighted by molar-refractivity contribution is 9.10. The lowest BCUT2D eigenvalue weighted by atomic mass is 10.1. The largest absolute Gasteiger partial charge is 0.497 e. The van der Waals surface area contributed by atoms with Gasteiger partial charge in [0.2, 0.25) is 0 Å². The monoisotopic (exact) mass is 328 g/mol. The second kappa shape index (κ2) is 6.25. The zero-order valence-electron chi connectivity index (χ0n) is 11.0. The second-order valence-corrected chi connectivity index (χ2v) is 5.09. The molecule has 104 valence electrons. The van der Waals surface area contributed by atoms with Gasteiger partial charge in [0.05, 0.1) is 24.3 Å². The van der Waals surface area contributed by atoms with Crippen molar-refractivity contribution in [1.29, 1.82) is 0 Å². The predicted octanol–water partition coefficient (Wildman–Crippen LogP) is 1.51. The number of nitrogens with one attached hydrogen (secondary N) is 1. The van der Waals surface area contributed by atoms with Gasteiger partial charge in [-0.25, -0.2) is 0 Å². The summed E-state index contributed by atoms with van der Waals surface area (Å²) >= 11 is 3.40. The number of ether oxygens (including phenoxy) is 2. The van der Waals surface area contributed by atoms with Crippen LogP contribution < -0.4 is 14.8 Å². The molecule has 0 aliphatic carbocycles. The SMILES string of the molecule is COc1cc(Br)c(OC)c(C(=O)N2CCNCC2)c1. The maximum absolute atomic E-state index is 12.5. The molecule has 0 unspecified atom stereocenters. The molecule has 5 nitrogen and oxygen atoms in total. The lowest BCUT2D eigenvalue weighted by Crippen LogP contribution is -2.46. The highest BCUT2D eigenvalue weighted by atomic mass is 79.9. The van der Waals surface area contributed by atoms with Crippen LogP contribution in [0.1, 0.15) is 10.4 Å². The number of methoxy groups -OCH3 is 2. The van der Waals surface area contributed by atoms with Gasteiger partial charge in [0, 0.05) is 26.2 Å². The molecule has 0 radical (unpaired) electrons. The van der Waals surface area contributed by atoms with Gasteiger partial charge in [-0.2, -0.15) is 0 Å². The Hall–Kier alpha value is -1.27. The average molecular weight is 329 g/mol. The van der Waals surface area contributed by atoms with E-state index in [1.54, 1.807) is 26.4 Å². The van der Waals surface area contributed by atoms with Crippen LogP contribution in [0.25, 0.3) is 0 Å². The summed E-state index contributed by atoms with van der Waals surface area (Å²) < 4.78 is 11.2. The molecule has 1 fully saturated rings. The summed E-state index contributed by atoms with van der Waals surface area (Å²) in [6, 6.07) is 3.50. The van der Waals surface area contributed by atoms with Gasteiger partial charge in [0.1, 0.15) is 11.5 Å². The summed E-state index contributed by atoms with van der Waals surface area (Å²) in [6.07, 6.45) is 0. The standard InChI is InChI=1S/C13H17BrN2O3/c1-18-9-7-10(12(19-2)11(14)8-9)13(17)16-5-3-15-4-6-16/h7-8,15H,3-6H2,1-2H3. The Balaban J connectivity index is 2.35. The third-order valence-electron chi connectivity index (χ3n) is 3.09. The number of carbonyl (C=O) groups is 1. The molecule has 1 amide bonds. The molecule has 6 heteroatoms. The van der Waals surface area contributed by atoms with E-state index in [9.17, 15) is 4.79 Å². The molecule has 1 aliphatic heterocycles. The van der Waals surface area contributed by atoms with E-state index in [1.807, 2.05) is 4.90 Å². The van der Waals surface area contributed by atoms with Crippen molar-refractivity contribution in [3.05, 3.63) is 22.2 Å². The van der Waals surface area contributed by atoms with Gasteiger partial charge < -0.3 is 19.7 Å².